The van der Waals surface area contributed by atoms with Crippen molar-refractivity contribution in [2.75, 3.05) is 13.7 Å². The molecule has 1 aromatic rings. The van der Waals surface area contributed by atoms with Crippen LogP contribution in [0.2, 0.25) is 0 Å². The molecule has 0 fully saturated rings. The molecular formula is C17H31NO2. The average molecular weight is 281 g/mol. The monoisotopic (exact) mass is 281 g/mol. The molecule has 116 valence electrons. The maximum atomic E-state index is 9.06. The molecule has 0 aliphatic rings. The highest BCUT2D eigenvalue weighted by atomic mass is 16.3. The third kappa shape index (κ3) is 16.6. The minimum Gasteiger partial charge on any atom is -0.396 e. The fourth-order valence-electron chi connectivity index (χ4n) is 1.45. The van der Waals surface area contributed by atoms with E-state index in [2.05, 4.69) is 38.2 Å². The van der Waals surface area contributed by atoms with Gasteiger partial charge in [-0.3, -0.25) is 4.79 Å². The lowest BCUT2D eigenvalue weighted by Crippen LogP contribution is -2.03. The van der Waals surface area contributed by atoms with Gasteiger partial charge in [0, 0.05) is 13.7 Å². The summed E-state index contributed by atoms with van der Waals surface area (Å²) in [6, 6.07) is 10.3. The quantitative estimate of drug-likeness (QED) is 0.783. The smallest absolute Gasteiger partial charge is 0.206 e. The van der Waals surface area contributed by atoms with E-state index in [0.717, 1.165) is 6.42 Å². The van der Waals surface area contributed by atoms with E-state index < -0.39 is 0 Å². The van der Waals surface area contributed by atoms with Crippen LogP contribution in [0.1, 0.15) is 45.1 Å². The van der Waals surface area contributed by atoms with Crippen LogP contribution in [0.4, 0.5) is 0 Å². The second-order valence-electron chi connectivity index (χ2n) is 4.66. The van der Waals surface area contributed by atoms with E-state index in [-0.39, 0.29) is 0 Å². The number of unbranched alkanes of at least 4 members (excludes halogenated alkanes) is 1. The molecule has 3 heteroatoms. The minimum atomic E-state index is 0.372. The molecule has 1 aromatic carbocycles. The van der Waals surface area contributed by atoms with Crippen molar-refractivity contribution in [1.82, 2.24) is 5.32 Å². The molecule has 0 heterocycles. The highest BCUT2D eigenvalue weighted by Gasteiger charge is 2.01. The molecule has 0 aromatic heterocycles. The highest BCUT2D eigenvalue weighted by molar-refractivity contribution is 5.44. The molecule has 0 spiro atoms. The van der Waals surface area contributed by atoms with Crippen LogP contribution >= 0.6 is 0 Å². The first-order chi connectivity index (χ1) is 9.65. The predicted octanol–water partition coefficient (Wildman–Crippen LogP) is 3.55. The van der Waals surface area contributed by atoms with Gasteiger partial charge >= 0.3 is 0 Å². The van der Waals surface area contributed by atoms with Gasteiger partial charge in [0.2, 0.25) is 6.41 Å². The van der Waals surface area contributed by atoms with Gasteiger partial charge in [-0.15, -0.1) is 0 Å². The number of carbonyl (C=O) groups excluding carboxylic acids is 1. The van der Waals surface area contributed by atoms with Crippen molar-refractivity contribution in [3.63, 3.8) is 0 Å². The number of rotatable bonds is 6. The Hall–Kier alpha value is -1.35. The molecular weight excluding hydrogens is 250 g/mol. The van der Waals surface area contributed by atoms with Crippen molar-refractivity contribution < 1.29 is 9.90 Å². The maximum Gasteiger partial charge on any atom is 0.206 e. The molecule has 1 rings (SSSR count). The molecule has 20 heavy (non-hydrogen) atoms. The Morgan fingerprint density at radius 3 is 2.05 bits per heavy atom. The summed E-state index contributed by atoms with van der Waals surface area (Å²) in [5.41, 5.74) is 1.32. The minimum absolute atomic E-state index is 0.372. The first kappa shape index (κ1) is 21.0. The summed E-state index contributed by atoms with van der Waals surface area (Å²) in [5, 5.41) is 11.0. The molecule has 0 aliphatic carbocycles. The second-order valence-corrected chi connectivity index (χ2v) is 4.66. The van der Waals surface area contributed by atoms with Gasteiger partial charge in [0.1, 0.15) is 0 Å². The molecule has 1 atom stereocenters. The molecule has 0 saturated heterocycles. The average Bonchev–Trinajstić information content (AvgIpc) is 2.50. The highest BCUT2D eigenvalue weighted by Crippen LogP contribution is 2.10. The van der Waals surface area contributed by atoms with Gasteiger partial charge in [-0.1, -0.05) is 69.0 Å². The summed E-state index contributed by atoms with van der Waals surface area (Å²) < 4.78 is 0. The summed E-state index contributed by atoms with van der Waals surface area (Å²) >= 11 is 0. The van der Waals surface area contributed by atoms with Crippen molar-refractivity contribution in [2.24, 2.45) is 5.92 Å². The predicted molar refractivity (Wildman–Crippen MR) is 86.7 cm³/mol. The van der Waals surface area contributed by atoms with E-state index in [9.17, 15) is 0 Å². The van der Waals surface area contributed by atoms with Crippen molar-refractivity contribution in [1.29, 1.82) is 0 Å². The SMILES string of the molecule is CCCCC(CC)CO.CNC=O.Cc1ccccc1. The lowest BCUT2D eigenvalue weighted by Gasteiger charge is -2.08. The van der Waals surface area contributed by atoms with Crippen LogP contribution < -0.4 is 5.32 Å². The lowest BCUT2D eigenvalue weighted by atomic mass is 10.0. The molecule has 0 saturated carbocycles. The van der Waals surface area contributed by atoms with Crippen LogP contribution in [0, 0.1) is 12.8 Å². The zero-order valence-electron chi connectivity index (χ0n) is 13.4. The largest absolute Gasteiger partial charge is 0.396 e. The molecule has 0 aliphatic heterocycles. The number of nitrogens with one attached hydrogen (secondary N) is 1. The summed E-state index contributed by atoms with van der Waals surface area (Å²) in [5.74, 6) is 0.560. The standard InChI is InChI=1S/C8H18O.C7H8.C2H5NO/c1-3-5-6-8(4-2)7-9;1-7-5-3-2-4-6-7;1-3-2-4/h8-9H,3-7H2,1-2H3;2-6H,1H3;2H,1H3,(H,3,4). The normalized spacial score (nSPS) is 10.2. The van der Waals surface area contributed by atoms with E-state index in [4.69, 9.17) is 9.90 Å². The summed E-state index contributed by atoms with van der Waals surface area (Å²) in [4.78, 5) is 9.06. The lowest BCUT2D eigenvalue weighted by molar-refractivity contribution is -0.109. The summed E-state index contributed by atoms with van der Waals surface area (Å²) in [7, 11) is 1.56. The zero-order valence-corrected chi connectivity index (χ0v) is 13.4. The second kappa shape index (κ2) is 17.6. The molecule has 1 amide bonds. The van der Waals surface area contributed by atoms with Gasteiger partial charge in [0.05, 0.1) is 0 Å². The Balaban J connectivity index is 0. The van der Waals surface area contributed by atoms with E-state index >= 15 is 0 Å². The van der Waals surface area contributed by atoms with Gasteiger partial charge in [-0.25, -0.2) is 0 Å². The molecule has 1 unspecified atom stereocenters. The third-order valence-corrected chi connectivity index (χ3v) is 2.86. The van der Waals surface area contributed by atoms with Crippen LogP contribution in [0.5, 0.6) is 0 Å². The molecule has 0 bridgehead atoms. The number of carbonyl (C=O) groups is 1. The van der Waals surface area contributed by atoms with Crippen molar-refractivity contribution in [3.8, 4) is 0 Å². The van der Waals surface area contributed by atoms with E-state index in [1.807, 2.05) is 18.2 Å². The van der Waals surface area contributed by atoms with E-state index in [0.29, 0.717) is 18.9 Å². The van der Waals surface area contributed by atoms with Gasteiger partial charge in [0.15, 0.2) is 0 Å². The van der Waals surface area contributed by atoms with Crippen LogP contribution in [0.3, 0.4) is 0 Å². The van der Waals surface area contributed by atoms with Crippen LogP contribution in [0.25, 0.3) is 0 Å². The van der Waals surface area contributed by atoms with Gasteiger partial charge in [-0.2, -0.15) is 0 Å². The van der Waals surface area contributed by atoms with E-state index in [1.54, 1.807) is 7.05 Å². The Morgan fingerprint density at radius 1 is 1.25 bits per heavy atom. The number of aliphatic hydroxyl groups excluding tert-OH is 1. The Morgan fingerprint density at radius 2 is 1.80 bits per heavy atom. The number of aryl methyl sites for hydroxylation is 1. The van der Waals surface area contributed by atoms with Gasteiger partial charge in [0.25, 0.3) is 0 Å². The van der Waals surface area contributed by atoms with Gasteiger partial charge in [-0.05, 0) is 19.3 Å². The fraction of sp³-hybridized carbons (Fsp3) is 0.588. The molecule has 0 radical (unpaired) electrons. The summed E-state index contributed by atoms with van der Waals surface area (Å²) in [6.07, 6.45) is 5.45. The topological polar surface area (TPSA) is 49.3 Å². The number of benzene rings is 1. The Bertz CT molecular complexity index is 284. The summed E-state index contributed by atoms with van der Waals surface area (Å²) in [6.45, 7) is 6.77. The fourth-order valence-corrected chi connectivity index (χ4v) is 1.45. The van der Waals surface area contributed by atoms with Gasteiger partial charge < -0.3 is 10.4 Å². The number of hydrogen-bond donors (Lipinski definition) is 2. The Kier molecular flexibility index (Phi) is 18.5. The van der Waals surface area contributed by atoms with Crippen molar-refractivity contribution in [3.05, 3.63) is 35.9 Å². The number of hydrogen-bond acceptors (Lipinski definition) is 2. The van der Waals surface area contributed by atoms with E-state index in [1.165, 1.54) is 24.8 Å². The van der Waals surface area contributed by atoms with Crippen LogP contribution in [-0.2, 0) is 4.79 Å². The first-order valence-corrected chi connectivity index (χ1v) is 7.39. The van der Waals surface area contributed by atoms with Crippen molar-refractivity contribution in [2.45, 2.75) is 46.5 Å². The first-order valence-electron chi connectivity index (χ1n) is 7.39. The maximum absolute atomic E-state index is 9.06. The number of amides is 1. The zero-order chi connectivity index (χ0) is 15.6. The molecule has 2 N–H and O–H groups in total. The van der Waals surface area contributed by atoms with Crippen LogP contribution in [0.15, 0.2) is 30.3 Å². The molecule has 3 nitrogen and oxygen atoms in total. The third-order valence-electron chi connectivity index (χ3n) is 2.86. The van der Waals surface area contributed by atoms with Crippen molar-refractivity contribution >= 4 is 6.41 Å². The number of aliphatic hydroxyl groups is 1. The Labute approximate surface area is 124 Å². The van der Waals surface area contributed by atoms with Crippen LogP contribution in [-0.4, -0.2) is 25.2 Å².